The summed E-state index contributed by atoms with van der Waals surface area (Å²) >= 11 is 0. The average molecular weight is 241 g/mol. The molecule has 0 unspecified atom stereocenters. The molecule has 100 valence electrons. The quantitative estimate of drug-likeness (QED) is 0.674. The fourth-order valence-corrected chi connectivity index (χ4v) is 2.47. The van der Waals surface area contributed by atoms with Crippen molar-refractivity contribution in [3.05, 3.63) is 0 Å². The zero-order valence-corrected chi connectivity index (χ0v) is 11.8. The van der Waals surface area contributed by atoms with Gasteiger partial charge in [0.1, 0.15) is 0 Å². The van der Waals surface area contributed by atoms with E-state index in [-0.39, 0.29) is 11.4 Å². The van der Waals surface area contributed by atoms with Crippen molar-refractivity contribution in [2.24, 2.45) is 0 Å². The molecule has 0 atom stereocenters. The molecular weight excluding hydrogens is 214 g/mol. The predicted octanol–water partition coefficient (Wildman–Crippen LogP) is 0.929. The van der Waals surface area contributed by atoms with E-state index in [1.165, 1.54) is 19.3 Å². The van der Waals surface area contributed by atoms with Gasteiger partial charge < -0.3 is 15.1 Å². The van der Waals surface area contributed by atoms with Crippen molar-refractivity contribution in [2.75, 3.05) is 41.3 Å². The van der Waals surface area contributed by atoms with Crippen molar-refractivity contribution >= 4 is 5.91 Å². The van der Waals surface area contributed by atoms with E-state index in [9.17, 15) is 4.79 Å². The van der Waals surface area contributed by atoms with Gasteiger partial charge in [0.15, 0.2) is 0 Å². The van der Waals surface area contributed by atoms with Gasteiger partial charge >= 0.3 is 0 Å². The van der Waals surface area contributed by atoms with Gasteiger partial charge in [0.05, 0.1) is 0 Å². The van der Waals surface area contributed by atoms with Gasteiger partial charge in [-0.15, -0.1) is 0 Å². The zero-order chi connectivity index (χ0) is 12.9. The minimum Gasteiger partial charge on any atom is -0.344 e. The molecule has 1 fully saturated rings. The maximum Gasteiger partial charge on any atom is 0.222 e. The highest BCUT2D eigenvalue weighted by atomic mass is 16.2. The van der Waals surface area contributed by atoms with Crippen LogP contribution in [0.3, 0.4) is 0 Å². The fourth-order valence-electron chi connectivity index (χ4n) is 2.47. The lowest BCUT2D eigenvalue weighted by atomic mass is 9.75. The van der Waals surface area contributed by atoms with Crippen LogP contribution in [0.2, 0.25) is 0 Å². The van der Waals surface area contributed by atoms with Gasteiger partial charge in [-0.05, 0) is 53.4 Å². The first kappa shape index (κ1) is 14.5. The van der Waals surface area contributed by atoms with Gasteiger partial charge in [-0.3, -0.25) is 4.79 Å². The van der Waals surface area contributed by atoms with Crippen molar-refractivity contribution in [3.8, 4) is 0 Å². The van der Waals surface area contributed by atoms with Crippen LogP contribution in [-0.4, -0.2) is 62.5 Å². The molecule has 0 aromatic rings. The van der Waals surface area contributed by atoms with Crippen LogP contribution in [0.4, 0.5) is 0 Å². The third-order valence-electron chi connectivity index (χ3n) is 4.01. The first-order valence-corrected chi connectivity index (χ1v) is 6.58. The van der Waals surface area contributed by atoms with E-state index in [0.717, 1.165) is 19.5 Å². The Morgan fingerprint density at radius 1 is 1.29 bits per heavy atom. The lowest BCUT2D eigenvalue weighted by Crippen LogP contribution is -2.57. The molecule has 0 saturated heterocycles. The molecule has 0 aromatic carbocycles. The summed E-state index contributed by atoms with van der Waals surface area (Å²) in [5.74, 6) is 0.272. The lowest BCUT2D eigenvalue weighted by Gasteiger charge is -2.49. The number of rotatable bonds is 7. The minimum atomic E-state index is 0.243. The molecule has 4 heteroatoms. The van der Waals surface area contributed by atoms with Crippen LogP contribution in [0.25, 0.3) is 0 Å². The third kappa shape index (κ3) is 3.68. The summed E-state index contributed by atoms with van der Waals surface area (Å²) in [6, 6.07) is 0. The summed E-state index contributed by atoms with van der Waals surface area (Å²) < 4.78 is 0. The van der Waals surface area contributed by atoms with Gasteiger partial charge in [0.25, 0.3) is 0 Å². The number of hydrogen-bond donors (Lipinski definition) is 1. The number of amides is 1. The Morgan fingerprint density at radius 3 is 2.35 bits per heavy atom. The molecule has 1 rings (SSSR count). The maximum absolute atomic E-state index is 11.9. The van der Waals surface area contributed by atoms with Crippen molar-refractivity contribution in [1.29, 1.82) is 0 Å². The molecule has 1 aliphatic rings. The summed E-state index contributed by atoms with van der Waals surface area (Å²) in [6.07, 6.45) is 5.30. The van der Waals surface area contributed by atoms with E-state index in [0.29, 0.717) is 6.42 Å². The lowest BCUT2D eigenvalue weighted by molar-refractivity contribution is -0.132. The number of likely N-dealkylation sites (N-methyl/N-ethyl adjacent to an activating group) is 2. The number of hydrogen-bond acceptors (Lipinski definition) is 3. The predicted molar refractivity (Wildman–Crippen MR) is 71.1 cm³/mol. The van der Waals surface area contributed by atoms with E-state index in [4.69, 9.17) is 0 Å². The van der Waals surface area contributed by atoms with Crippen LogP contribution in [0.1, 0.15) is 32.1 Å². The average Bonchev–Trinajstić information content (AvgIpc) is 2.22. The van der Waals surface area contributed by atoms with Crippen LogP contribution in [0, 0.1) is 0 Å². The van der Waals surface area contributed by atoms with E-state index >= 15 is 0 Å². The second kappa shape index (κ2) is 6.36. The summed E-state index contributed by atoms with van der Waals surface area (Å²) in [4.78, 5) is 16.1. The highest BCUT2D eigenvalue weighted by Gasteiger charge is 2.40. The molecule has 4 nitrogen and oxygen atoms in total. The highest BCUT2D eigenvalue weighted by molar-refractivity contribution is 5.75. The highest BCUT2D eigenvalue weighted by Crippen LogP contribution is 2.36. The molecule has 0 heterocycles. The Balaban J connectivity index is 2.37. The van der Waals surface area contributed by atoms with Crippen molar-refractivity contribution < 1.29 is 4.79 Å². The Morgan fingerprint density at radius 2 is 1.94 bits per heavy atom. The summed E-state index contributed by atoms with van der Waals surface area (Å²) in [6.45, 7) is 1.79. The first-order valence-electron chi connectivity index (χ1n) is 6.58. The molecule has 1 amide bonds. The number of nitrogens with one attached hydrogen (secondary N) is 1. The summed E-state index contributed by atoms with van der Waals surface area (Å²) in [5, 5.41) is 3.07. The van der Waals surface area contributed by atoms with Crippen molar-refractivity contribution in [2.45, 2.75) is 37.6 Å². The summed E-state index contributed by atoms with van der Waals surface area (Å²) in [5.41, 5.74) is 0.243. The van der Waals surface area contributed by atoms with Crippen LogP contribution in [-0.2, 0) is 4.79 Å². The Kier molecular flexibility index (Phi) is 5.40. The molecule has 0 bridgehead atoms. The Bertz CT molecular complexity index is 249. The van der Waals surface area contributed by atoms with E-state index in [2.05, 4.69) is 24.3 Å². The van der Waals surface area contributed by atoms with Crippen LogP contribution < -0.4 is 5.32 Å². The molecule has 1 N–H and O–H groups in total. The first-order chi connectivity index (χ1) is 8.02. The maximum atomic E-state index is 11.9. The molecule has 0 aromatic heterocycles. The number of carbonyl (C=O) groups is 1. The second-order valence-corrected chi connectivity index (χ2v) is 5.43. The molecule has 1 aliphatic carbocycles. The largest absolute Gasteiger partial charge is 0.344 e. The SMILES string of the molecule is CNCCCC(=O)N(C)CC1(N(C)C)CCC1. The second-order valence-electron chi connectivity index (χ2n) is 5.43. The van der Waals surface area contributed by atoms with Crippen LogP contribution >= 0.6 is 0 Å². The van der Waals surface area contributed by atoms with Crippen LogP contribution in [0.5, 0.6) is 0 Å². The normalized spacial score (nSPS) is 17.9. The van der Waals surface area contributed by atoms with Gasteiger partial charge in [-0.25, -0.2) is 0 Å². The standard InChI is InChI=1S/C13H27N3O/c1-14-10-5-7-12(17)16(4)11-13(15(2)3)8-6-9-13/h14H,5-11H2,1-4H3. The zero-order valence-electron chi connectivity index (χ0n) is 11.8. The van der Waals surface area contributed by atoms with Gasteiger partial charge in [0.2, 0.25) is 5.91 Å². The smallest absolute Gasteiger partial charge is 0.222 e. The monoisotopic (exact) mass is 241 g/mol. The molecule has 0 radical (unpaired) electrons. The minimum absolute atomic E-state index is 0.243. The molecule has 17 heavy (non-hydrogen) atoms. The molecule has 1 saturated carbocycles. The van der Waals surface area contributed by atoms with Crippen molar-refractivity contribution in [3.63, 3.8) is 0 Å². The van der Waals surface area contributed by atoms with Gasteiger partial charge in [-0.1, -0.05) is 0 Å². The van der Waals surface area contributed by atoms with Gasteiger partial charge in [-0.2, -0.15) is 0 Å². The van der Waals surface area contributed by atoms with Crippen molar-refractivity contribution in [1.82, 2.24) is 15.1 Å². The van der Waals surface area contributed by atoms with E-state index in [1.807, 2.05) is 19.0 Å². The van der Waals surface area contributed by atoms with E-state index in [1.54, 1.807) is 0 Å². The number of carbonyl (C=O) groups excluding carboxylic acids is 1. The third-order valence-corrected chi connectivity index (χ3v) is 4.01. The Hall–Kier alpha value is -0.610. The number of nitrogens with zero attached hydrogens (tertiary/aromatic N) is 2. The van der Waals surface area contributed by atoms with Gasteiger partial charge in [0, 0.05) is 25.6 Å². The summed E-state index contributed by atoms with van der Waals surface area (Å²) in [7, 11) is 8.10. The fraction of sp³-hybridized carbons (Fsp3) is 0.923. The Labute approximate surface area is 105 Å². The molecular formula is C13H27N3O. The molecule has 0 aliphatic heterocycles. The van der Waals surface area contributed by atoms with E-state index < -0.39 is 0 Å². The topological polar surface area (TPSA) is 35.6 Å². The molecule has 0 spiro atoms. The van der Waals surface area contributed by atoms with Crippen LogP contribution in [0.15, 0.2) is 0 Å².